The smallest absolute Gasteiger partial charge is 0.239 e. The number of carbonyl (C=O) groups is 2. The molecular formula is C13H17N3O2. The van der Waals surface area contributed by atoms with E-state index >= 15 is 0 Å². The third-order valence-electron chi connectivity index (χ3n) is 3.50. The van der Waals surface area contributed by atoms with Crippen molar-refractivity contribution in [2.24, 2.45) is 11.8 Å². The van der Waals surface area contributed by atoms with E-state index in [0.717, 1.165) is 16.8 Å². The van der Waals surface area contributed by atoms with Gasteiger partial charge in [-0.2, -0.15) is 0 Å². The van der Waals surface area contributed by atoms with Gasteiger partial charge in [-0.1, -0.05) is 12.1 Å². The molecule has 5 heteroatoms. The lowest BCUT2D eigenvalue weighted by Gasteiger charge is -2.20. The summed E-state index contributed by atoms with van der Waals surface area (Å²) in [6.45, 7) is 4.38. The number of hydrogen-bond acceptors (Lipinski definition) is 3. The van der Waals surface area contributed by atoms with Gasteiger partial charge in [-0.25, -0.2) is 5.84 Å². The Balaban J connectivity index is 2.27. The molecule has 0 aliphatic carbocycles. The molecule has 1 aromatic rings. The quantitative estimate of drug-likeness (QED) is 0.457. The number of carbonyl (C=O) groups excluding carboxylic acids is 2. The van der Waals surface area contributed by atoms with E-state index in [4.69, 9.17) is 5.84 Å². The Kier molecular flexibility index (Phi) is 3.34. The van der Waals surface area contributed by atoms with Crippen LogP contribution < -0.4 is 16.2 Å². The van der Waals surface area contributed by atoms with Crippen LogP contribution in [0.4, 0.5) is 5.69 Å². The first kappa shape index (κ1) is 12.6. The lowest BCUT2D eigenvalue weighted by atomic mass is 10.1. The minimum absolute atomic E-state index is 0.0303. The second-order valence-corrected chi connectivity index (χ2v) is 4.63. The standard InChI is InChI=1S/C13H17N3O2/c1-8-4-3-5-11(9(8)2)16-7-10(6-12(16)17)13(18)15-14/h3-5,10H,6-7,14H2,1-2H3,(H,15,18). The zero-order valence-electron chi connectivity index (χ0n) is 10.6. The summed E-state index contributed by atoms with van der Waals surface area (Å²) < 4.78 is 0. The Bertz CT molecular complexity index is 499. The van der Waals surface area contributed by atoms with E-state index in [1.54, 1.807) is 4.90 Å². The van der Waals surface area contributed by atoms with E-state index in [9.17, 15) is 9.59 Å². The molecule has 1 heterocycles. The molecule has 1 aliphatic heterocycles. The average Bonchev–Trinajstić information content (AvgIpc) is 2.74. The maximum Gasteiger partial charge on any atom is 0.239 e. The van der Waals surface area contributed by atoms with E-state index in [1.807, 2.05) is 32.0 Å². The van der Waals surface area contributed by atoms with Gasteiger partial charge in [0.1, 0.15) is 0 Å². The second kappa shape index (κ2) is 4.78. The molecule has 0 bridgehead atoms. The minimum atomic E-state index is -0.359. The predicted molar refractivity (Wildman–Crippen MR) is 68.7 cm³/mol. The molecule has 2 amide bonds. The maximum atomic E-state index is 12.0. The molecular weight excluding hydrogens is 230 g/mol. The summed E-state index contributed by atoms with van der Waals surface area (Å²) in [6, 6.07) is 5.83. The van der Waals surface area contributed by atoms with Crippen molar-refractivity contribution in [2.75, 3.05) is 11.4 Å². The number of aryl methyl sites for hydroxylation is 1. The van der Waals surface area contributed by atoms with Crippen molar-refractivity contribution in [2.45, 2.75) is 20.3 Å². The molecule has 5 nitrogen and oxygen atoms in total. The van der Waals surface area contributed by atoms with Crippen LogP contribution in [0.15, 0.2) is 18.2 Å². The molecule has 1 aliphatic rings. The van der Waals surface area contributed by atoms with Crippen molar-refractivity contribution in [3.63, 3.8) is 0 Å². The fourth-order valence-electron chi connectivity index (χ4n) is 2.26. The highest BCUT2D eigenvalue weighted by Crippen LogP contribution is 2.29. The number of amides is 2. The molecule has 1 fully saturated rings. The van der Waals surface area contributed by atoms with Crippen molar-refractivity contribution < 1.29 is 9.59 Å². The second-order valence-electron chi connectivity index (χ2n) is 4.63. The Morgan fingerprint density at radius 2 is 2.17 bits per heavy atom. The van der Waals surface area contributed by atoms with E-state index in [2.05, 4.69) is 5.43 Å². The summed E-state index contributed by atoms with van der Waals surface area (Å²) in [6.07, 6.45) is 0.219. The summed E-state index contributed by atoms with van der Waals surface area (Å²) in [5, 5.41) is 0. The number of hydrogen-bond donors (Lipinski definition) is 2. The van der Waals surface area contributed by atoms with Gasteiger partial charge in [-0.15, -0.1) is 0 Å². The maximum absolute atomic E-state index is 12.0. The van der Waals surface area contributed by atoms with Crippen LogP contribution in [0.3, 0.4) is 0 Å². The largest absolute Gasteiger partial charge is 0.311 e. The van der Waals surface area contributed by atoms with Gasteiger partial charge in [0.15, 0.2) is 0 Å². The van der Waals surface area contributed by atoms with E-state index in [1.165, 1.54) is 0 Å². The Labute approximate surface area is 106 Å². The summed E-state index contributed by atoms with van der Waals surface area (Å²) in [5.74, 6) is 4.44. The highest BCUT2D eigenvalue weighted by Gasteiger charge is 2.35. The minimum Gasteiger partial charge on any atom is -0.311 e. The van der Waals surface area contributed by atoms with Crippen LogP contribution in [0.25, 0.3) is 0 Å². The number of rotatable bonds is 2. The van der Waals surface area contributed by atoms with Crippen LogP contribution in [0.2, 0.25) is 0 Å². The summed E-state index contributed by atoms with van der Waals surface area (Å²) >= 11 is 0. The number of nitrogens with one attached hydrogen (secondary N) is 1. The predicted octanol–water partition coefficient (Wildman–Crippen LogP) is 0.646. The van der Waals surface area contributed by atoms with E-state index < -0.39 is 0 Å². The van der Waals surface area contributed by atoms with Gasteiger partial charge in [-0.05, 0) is 31.0 Å². The molecule has 18 heavy (non-hydrogen) atoms. The molecule has 0 aromatic heterocycles. The van der Waals surface area contributed by atoms with Gasteiger partial charge in [0, 0.05) is 18.7 Å². The zero-order valence-corrected chi connectivity index (χ0v) is 10.6. The Morgan fingerprint density at radius 3 is 2.83 bits per heavy atom. The van der Waals surface area contributed by atoms with Gasteiger partial charge in [0.05, 0.1) is 5.92 Å². The lowest BCUT2D eigenvalue weighted by molar-refractivity contribution is -0.126. The molecule has 0 spiro atoms. The topological polar surface area (TPSA) is 75.4 Å². The van der Waals surface area contributed by atoms with Crippen LogP contribution in [0.1, 0.15) is 17.5 Å². The zero-order chi connectivity index (χ0) is 13.3. The van der Waals surface area contributed by atoms with E-state index in [-0.39, 0.29) is 24.2 Å². The number of benzene rings is 1. The first-order valence-corrected chi connectivity index (χ1v) is 5.91. The van der Waals surface area contributed by atoms with Gasteiger partial charge < -0.3 is 4.90 Å². The van der Waals surface area contributed by atoms with Crippen LogP contribution in [-0.4, -0.2) is 18.4 Å². The highest BCUT2D eigenvalue weighted by atomic mass is 16.2. The third kappa shape index (κ3) is 2.09. The monoisotopic (exact) mass is 247 g/mol. The molecule has 96 valence electrons. The molecule has 0 saturated carbocycles. The van der Waals surface area contributed by atoms with Crippen molar-refractivity contribution >= 4 is 17.5 Å². The van der Waals surface area contributed by atoms with Crippen LogP contribution >= 0.6 is 0 Å². The number of nitrogens with zero attached hydrogens (tertiary/aromatic N) is 1. The lowest BCUT2D eigenvalue weighted by Crippen LogP contribution is -2.37. The van der Waals surface area contributed by atoms with Gasteiger partial charge in [0.2, 0.25) is 11.8 Å². The number of hydrazine groups is 1. The van der Waals surface area contributed by atoms with Crippen LogP contribution in [-0.2, 0) is 9.59 Å². The summed E-state index contributed by atoms with van der Waals surface area (Å²) in [4.78, 5) is 25.1. The fourth-order valence-corrected chi connectivity index (χ4v) is 2.26. The van der Waals surface area contributed by atoms with E-state index in [0.29, 0.717) is 6.54 Å². The molecule has 1 aromatic carbocycles. The van der Waals surface area contributed by atoms with Gasteiger partial charge >= 0.3 is 0 Å². The SMILES string of the molecule is Cc1cccc(N2CC(C(=O)NN)CC2=O)c1C. The third-order valence-corrected chi connectivity index (χ3v) is 3.50. The number of anilines is 1. The molecule has 3 N–H and O–H groups in total. The normalized spacial score (nSPS) is 19.2. The van der Waals surface area contributed by atoms with Gasteiger partial charge in [-0.3, -0.25) is 15.0 Å². The van der Waals surface area contributed by atoms with Crippen LogP contribution in [0, 0.1) is 19.8 Å². The van der Waals surface area contributed by atoms with Crippen molar-refractivity contribution in [1.82, 2.24) is 5.43 Å². The molecule has 0 radical (unpaired) electrons. The van der Waals surface area contributed by atoms with Crippen molar-refractivity contribution in [1.29, 1.82) is 0 Å². The average molecular weight is 247 g/mol. The molecule has 2 rings (SSSR count). The Morgan fingerprint density at radius 1 is 1.44 bits per heavy atom. The fraction of sp³-hybridized carbons (Fsp3) is 0.385. The first-order chi connectivity index (χ1) is 8.54. The molecule has 1 unspecified atom stereocenters. The first-order valence-electron chi connectivity index (χ1n) is 5.91. The summed E-state index contributed by atoms with van der Waals surface area (Å²) in [7, 11) is 0. The van der Waals surface area contributed by atoms with Gasteiger partial charge in [0.25, 0.3) is 0 Å². The highest BCUT2D eigenvalue weighted by molar-refractivity contribution is 6.00. The van der Waals surface area contributed by atoms with Crippen molar-refractivity contribution in [3.05, 3.63) is 29.3 Å². The Hall–Kier alpha value is -1.88. The molecule has 1 saturated heterocycles. The van der Waals surface area contributed by atoms with Crippen LogP contribution in [0.5, 0.6) is 0 Å². The van der Waals surface area contributed by atoms with Crippen molar-refractivity contribution in [3.8, 4) is 0 Å². The number of nitrogens with two attached hydrogens (primary N) is 1. The summed E-state index contributed by atoms with van der Waals surface area (Å²) in [5.41, 5.74) is 5.19. The molecule has 1 atom stereocenters.